The molecule has 1 heterocycles. The smallest absolute Gasteiger partial charge is 0.224 e. The molecule has 1 amide bonds. The first kappa shape index (κ1) is 12.6. The minimum Gasteiger partial charge on any atom is -0.348 e. The van der Waals surface area contributed by atoms with Crippen molar-refractivity contribution >= 4 is 22.5 Å². The third-order valence-corrected chi connectivity index (χ3v) is 3.11. The first-order valence-corrected chi connectivity index (χ1v) is 6.15. The van der Waals surface area contributed by atoms with Gasteiger partial charge in [0.25, 0.3) is 0 Å². The lowest BCUT2D eigenvalue weighted by Crippen LogP contribution is -2.19. The van der Waals surface area contributed by atoms with Crippen molar-refractivity contribution in [2.24, 2.45) is 18.7 Å². The topological polar surface area (TPSA) is 60.1 Å². The van der Waals surface area contributed by atoms with Gasteiger partial charge in [0.1, 0.15) is 0 Å². The summed E-state index contributed by atoms with van der Waals surface area (Å²) >= 11 is 0. The van der Waals surface area contributed by atoms with Crippen LogP contribution in [0.25, 0.3) is 10.9 Å². The van der Waals surface area contributed by atoms with Crippen LogP contribution in [-0.2, 0) is 11.8 Å². The number of anilines is 1. The summed E-state index contributed by atoms with van der Waals surface area (Å²) < 4.78 is 2.01. The first-order valence-electron chi connectivity index (χ1n) is 6.15. The highest BCUT2D eigenvalue weighted by atomic mass is 16.1. The highest BCUT2D eigenvalue weighted by Gasteiger charge is 2.11. The van der Waals surface area contributed by atoms with Crippen molar-refractivity contribution in [1.82, 2.24) is 4.57 Å². The number of nitrogens with two attached hydrogens (primary N) is 1. The van der Waals surface area contributed by atoms with Crippen LogP contribution in [0.1, 0.15) is 13.3 Å². The van der Waals surface area contributed by atoms with Crippen molar-refractivity contribution in [3.05, 3.63) is 30.5 Å². The van der Waals surface area contributed by atoms with Crippen LogP contribution in [0.4, 0.5) is 5.69 Å². The monoisotopic (exact) mass is 245 g/mol. The molecular formula is C14H19N3O. The Hall–Kier alpha value is -1.81. The van der Waals surface area contributed by atoms with Gasteiger partial charge in [-0.25, -0.2) is 0 Å². The highest BCUT2D eigenvalue weighted by Crippen LogP contribution is 2.25. The number of hydrogen-bond acceptors (Lipinski definition) is 2. The average molecular weight is 245 g/mol. The SMILES string of the molecule is CC(CN)CC(=O)Nc1cn(C)c2ccccc12. The van der Waals surface area contributed by atoms with E-state index in [9.17, 15) is 4.79 Å². The Kier molecular flexibility index (Phi) is 3.67. The molecule has 1 unspecified atom stereocenters. The number of rotatable bonds is 4. The molecule has 2 rings (SSSR count). The molecule has 96 valence electrons. The van der Waals surface area contributed by atoms with Gasteiger partial charge in [-0.1, -0.05) is 25.1 Å². The highest BCUT2D eigenvalue weighted by molar-refractivity contribution is 6.01. The number of fused-ring (bicyclic) bond motifs is 1. The van der Waals surface area contributed by atoms with Crippen molar-refractivity contribution in [3.8, 4) is 0 Å². The van der Waals surface area contributed by atoms with Gasteiger partial charge in [0.2, 0.25) is 5.91 Å². The van der Waals surface area contributed by atoms with E-state index >= 15 is 0 Å². The van der Waals surface area contributed by atoms with Gasteiger partial charge in [0.05, 0.1) is 5.69 Å². The Bertz CT molecular complexity index is 559. The zero-order valence-electron chi connectivity index (χ0n) is 10.8. The lowest BCUT2D eigenvalue weighted by atomic mass is 10.1. The van der Waals surface area contributed by atoms with Crippen LogP contribution >= 0.6 is 0 Å². The molecule has 18 heavy (non-hydrogen) atoms. The van der Waals surface area contributed by atoms with Gasteiger partial charge >= 0.3 is 0 Å². The third kappa shape index (κ3) is 2.54. The van der Waals surface area contributed by atoms with Crippen molar-refractivity contribution in [2.75, 3.05) is 11.9 Å². The maximum Gasteiger partial charge on any atom is 0.224 e. The second-order valence-corrected chi connectivity index (χ2v) is 4.76. The fourth-order valence-electron chi connectivity index (χ4n) is 2.04. The quantitative estimate of drug-likeness (QED) is 0.866. The maximum atomic E-state index is 11.9. The fourth-order valence-corrected chi connectivity index (χ4v) is 2.04. The van der Waals surface area contributed by atoms with Crippen LogP contribution in [0.3, 0.4) is 0 Å². The van der Waals surface area contributed by atoms with Crippen LogP contribution in [0, 0.1) is 5.92 Å². The molecule has 1 aromatic carbocycles. The maximum absolute atomic E-state index is 11.9. The van der Waals surface area contributed by atoms with E-state index in [-0.39, 0.29) is 11.8 Å². The average Bonchev–Trinajstić information content (AvgIpc) is 2.67. The van der Waals surface area contributed by atoms with Crippen molar-refractivity contribution in [3.63, 3.8) is 0 Å². The molecule has 0 aliphatic heterocycles. The molecule has 4 heteroatoms. The standard InChI is InChI=1S/C14H19N3O/c1-10(8-15)7-14(18)16-12-9-17(2)13-6-4-3-5-11(12)13/h3-6,9-10H,7-8,15H2,1-2H3,(H,16,18). The van der Waals surface area contributed by atoms with Gasteiger partial charge in [0.15, 0.2) is 0 Å². The van der Waals surface area contributed by atoms with Crippen molar-refractivity contribution < 1.29 is 4.79 Å². The fraction of sp³-hybridized carbons (Fsp3) is 0.357. The number of amides is 1. The van der Waals surface area contributed by atoms with E-state index in [0.717, 1.165) is 16.6 Å². The van der Waals surface area contributed by atoms with E-state index in [2.05, 4.69) is 5.32 Å². The Morgan fingerprint density at radius 1 is 1.44 bits per heavy atom. The summed E-state index contributed by atoms with van der Waals surface area (Å²) in [4.78, 5) is 11.9. The number of para-hydroxylation sites is 1. The molecule has 0 saturated carbocycles. The molecule has 1 atom stereocenters. The molecule has 4 nitrogen and oxygen atoms in total. The molecule has 0 bridgehead atoms. The minimum atomic E-state index is 0.0179. The molecule has 0 radical (unpaired) electrons. The lowest BCUT2D eigenvalue weighted by Gasteiger charge is -2.08. The van der Waals surface area contributed by atoms with Crippen molar-refractivity contribution in [1.29, 1.82) is 0 Å². The van der Waals surface area contributed by atoms with Gasteiger partial charge in [0, 0.05) is 30.6 Å². The van der Waals surface area contributed by atoms with Gasteiger partial charge < -0.3 is 15.6 Å². The summed E-state index contributed by atoms with van der Waals surface area (Å²) in [7, 11) is 1.97. The largest absolute Gasteiger partial charge is 0.348 e. The molecule has 2 aromatic rings. The number of aryl methyl sites for hydroxylation is 1. The molecule has 0 fully saturated rings. The third-order valence-electron chi connectivity index (χ3n) is 3.11. The number of hydrogen-bond donors (Lipinski definition) is 2. The predicted octanol–water partition coefficient (Wildman–Crippen LogP) is 2.10. The summed E-state index contributed by atoms with van der Waals surface area (Å²) in [6, 6.07) is 8.01. The molecule has 0 aliphatic rings. The molecule has 1 aromatic heterocycles. The summed E-state index contributed by atoms with van der Waals surface area (Å²) in [6.45, 7) is 2.51. The number of carbonyl (C=O) groups is 1. The summed E-state index contributed by atoms with van der Waals surface area (Å²) in [5.74, 6) is 0.226. The van der Waals surface area contributed by atoms with Gasteiger partial charge in [-0.15, -0.1) is 0 Å². The van der Waals surface area contributed by atoms with Crippen LogP contribution < -0.4 is 11.1 Å². The van der Waals surface area contributed by atoms with Gasteiger partial charge in [-0.2, -0.15) is 0 Å². The Balaban J connectivity index is 2.19. The molecule has 0 aliphatic carbocycles. The second kappa shape index (κ2) is 5.23. The number of carbonyl (C=O) groups excluding carboxylic acids is 1. The first-order chi connectivity index (χ1) is 8.61. The molecular weight excluding hydrogens is 226 g/mol. The molecule has 3 N–H and O–H groups in total. The Labute approximate surface area is 107 Å². The van der Waals surface area contributed by atoms with E-state index < -0.39 is 0 Å². The van der Waals surface area contributed by atoms with Crippen LogP contribution in [0.2, 0.25) is 0 Å². The van der Waals surface area contributed by atoms with E-state index in [1.165, 1.54) is 0 Å². The van der Waals surface area contributed by atoms with Gasteiger partial charge in [-0.3, -0.25) is 4.79 Å². The Morgan fingerprint density at radius 2 is 2.17 bits per heavy atom. The Morgan fingerprint density at radius 3 is 2.89 bits per heavy atom. The van der Waals surface area contributed by atoms with Crippen LogP contribution in [-0.4, -0.2) is 17.0 Å². The number of benzene rings is 1. The lowest BCUT2D eigenvalue weighted by molar-refractivity contribution is -0.116. The zero-order chi connectivity index (χ0) is 13.1. The van der Waals surface area contributed by atoms with Crippen LogP contribution in [0.5, 0.6) is 0 Å². The second-order valence-electron chi connectivity index (χ2n) is 4.76. The number of nitrogens with one attached hydrogen (secondary N) is 1. The van der Waals surface area contributed by atoms with Gasteiger partial charge in [-0.05, 0) is 18.5 Å². The molecule has 0 spiro atoms. The number of nitrogens with zero attached hydrogens (tertiary/aromatic N) is 1. The van der Waals surface area contributed by atoms with Crippen molar-refractivity contribution in [2.45, 2.75) is 13.3 Å². The van der Waals surface area contributed by atoms with E-state index in [1.807, 2.05) is 49.0 Å². The van der Waals surface area contributed by atoms with E-state index in [0.29, 0.717) is 13.0 Å². The normalized spacial score (nSPS) is 12.6. The minimum absolute atomic E-state index is 0.0179. The number of aromatic nitrogens is 1. The van der Waals surface area contributed by atoms with Crippen LogP contribution in [0.15, 0.2) is 30.5 Å². The summed E-state index contributed by atoms with van der Waals surface area (Å²) in [6.07, 6.45) is 2.40. The summed E-state index contributed by atoms with van der Waals surface area (Å²) in [5.41, 5.74) is 7.50. The summed E-state index contributed by atoms with van der Waals surface area (Å²) in [5, 5.41) is 4.02. The predicted molar refractivity (Wildman–Crippen MR) is 74.4 cm³/mol. The molecule has 0 saturated heterocycles. The zero-order valence-corrected chi connectivity index (χ0v) is 10.8. The van der Waals surface area contributed by atoms with E-state index in [1.54, 1.807) is 0 Å². The van der Waals surface area contributed by atoms with E-state index in [4.69, 9.17) is 5.73 Å².